The van der Waals surface area contributed by atoms with Gasteiger partial charge >= 0.3 is 5.97 Å². The zero-order chi connectivity index (χ0) is 30.5. The third-order valence-electron chi connectivity index (χ3n) is 7.22. The highest BCUT2D eigenvalue weighted by Gasteiger charge is 2.30. The van der Waals surface area contributed by atoms with Crippen molar-refractivity contribution in [3.63, 3.8) is 0 Å². The fourth-order valence-electron chi connectivity index (χ4n) is 4.97. The van der Waals surface area contributed by atoms with Crippen molar-refractivity contribution >= 4 is 27.3 Å². The molecule has 5 aromatic rings. The van der Waals surface area contributed by atoms with Crippen LogP contribution in [0.25, 0.3) is 27.5 Å². The zero-order valence-corrected chi connectivity index (χ0v) is 23.9. The van der Waals surface area contributed by atoms with Gasteiger partial charge in [-0.25, -0.2) is 41.2 Å². The van der Waals surface area contributed by atoms with Gasteiger partial charge in [0.25, 0.3) is 0 Å². The van der Waals surface area contributed by atoms with Crippen LogP contribution in [0.3, 0.4) is 0 Å². The highest BCUT2D eigenvalue weighted by atomic mass is 32.2. The summed E-state index contributed by atoms with van der Waals surface area (Å²) in [4.78, 5) is 15.2. The molecule has 13 heteroatoms. The van der Waals surface area contributed by atoms with Gasteiger partial charge in [-0.3, -0.25) is 0 Å². The van der Waals surface area contributed by atoms with E-state index in [0.717, 1.165) is 42.0 Å². The molecule has 0 saturated heterocycles. The van der Waals surface area contributed by atoms with E-state index in [9.17, 15) is 27.1 Å². The van der Waals surface area contributed by atoms with Crippen LogP contribution in [0, 0.1) is 23.4 Å². The van der Waals surface area contributed by atoms with Gasteiger partial charge in [0, 0.05) is 28.5 Å². The predicted molar refractivity (Wildman–Crippen MR) is 154 cm³/mol. The maximum absolute atomic E-state index is 15.0. The van der Waals surface area contributed by atoms with Crippen LogP contribution >= 0.6 is 11.3 Å². The lowest BCUT2D eigenvalue weighted by Crippen LogP contribution is -2.14. The highest BCUT2D eigenvalue weighted by molar-refractivity contribution is 7.89. The molecule has 0 spiro atoms. The highest BCUT2D eigenvalue weighted by Crippen LogP contribution is 2.39. The lowest BCUT2D eigenvalue weighted by atomic mass is 9.95. The van der Waals surface area contributed by atoms with E-state index in [2.05, 4.69) is 4.98 Å². The molecule has 0 aliphatic heterocycles. The first-order valence-electron chi connectivity index (χ1n) is 13.1. The smallest absolute Gasteiger partial charge is 0.355 e. The Morgan fingerprint density at radius 2 is 1.81 bits per heavy atom. The number of nitrogens with two attached hydrogens (primary N) is 1. The van der Waals surface area contributed by atoms with Crippen molar-refractivity contribution in [2.75, 3.05) is 0 Å². The maximum atomic E-state index is 15.0. The first kappa shape index (κ1) is 28.8. The van der Waals surface area contributed by atoms with E-state index in [4.69, 9.17) is 10.2 Å². The monoisotopic (exact) mass is 624 g/mol. The molecule has 0 bridgehead atoms. The number of primary sulfonamides is 1. The third-order valence-corrected chi connectivity index (χ3v) is 8.98. The molecule has 0 radical (unpaired) electrons. The molecule has 2 aromatic heterocycles. The normalized spacial score (nSPS) is 13.4. The third kappa shape index (κ3) is 5.96. The van der Waals surface area contributed by atoms with E-state index in [1.54, 1.807) is 16.8 Å². The number of aromatic carboxylic acids is 1. The molecular weight excluding hydrogens is 601 g/mol. The van der Waals surface area contributed by atoms with Crippen molar-refractivity contribution in [3.05, 3.63) is 106 Å². The summed E-state index contributed by atoms with van der Waals surface area (Å²) in [7, 11) is -4.27. The molecule has 3 aromatic carbocycles. The van der Waals surface area contributed by atoms with Crippen molar-refractivity contribution in [2.24, 2.45) is 11.1 Å². The minimum atomic E-state index is -4.27. The zero-order valence-electron chi connectivity index (χ0n) is 22.3. The van der Waals surface area contributed by atoms with Gasteiger partial charge in [0.15, 0.2) is 5.69 Å². The summed E-state index contributed by atoms with van der Waals surface area (Å²) in [5.41, 5.74) is 3.03. The Labute approximate surface area is 248 Å². The summed E-state index contributed by atoms with van der Waals surface area (Å²) in [6.45, 7) is 0. The molecule has 1 aliphatic rings. The van der Waals surface area contributed by atoms with Gasteiger partial charge in [-0.2, -0.15) is 5.10 Å². The van der Waals surface area contributed by atoms with E-state index in [-0.39, 0.29) is 17.7 Å². The number of benzene rings is 3. The molecule has 3 N–H and O–H groups in total. The number of aromatic nitrogens is 3. The van der Waals surface area contributed by atoms with Crippen LogP contribution in [0.1, 0.15) is 40.2 Å². The Balaban J connectivity index is 1.55. The molecule has 8 nitrogen and oxygen atoms in total. The number of halogens is 3. The van der Waals surface area contributed by atoms with Crippen LogP contribution in [0.2, 0.25) is 0 Å². The molecule has 2 heterocycles. The van der Waals surface area contributed by atoms with Crippen LogP contribution in [0.4, 0.5) is 13.2 Å². The van der Waals surface area contributed by atoms with Gasteiger partial charge in [0.05, 0.1) is 11.4 Å². The minimum Gasteiger partial charge on any atom is -0.476 e. The molecule has 43 heavy (non-hydrogen) atoms. The van der Waals surface area contributed by atoms with Crippen LogP contribution in [-0.4, -0.2) is 34.3 Å². The first-order valence-corrected chi connectivity index (χ1v) is 15.6. The standard InChI is InChI=1S/C30H23F3N4O4S2/c31-20-3-1-2-18(13-20)21-14-19(7-8-23(21)32)28-22(10-17-6-9-27(24(33)11-17)43(34,40)41)26(12-16-4-5-16)37(36-28)30-35-25(15-42-30)29(38)39/h1-3,6-9,11,13-16H,4-5,10,12H2,(H,38,39)(H2,34,40,41). The summed E-state index contributed by atoms with van der Waals surface area (Å²) in [5.74, 6) is -2.94. The molecule has 1 saturated carbocycles. The maximum Gasteiger partial charge on any atom is 0.355 e. The summed E-state index contributed by atoms with van der Waals surface area (Å²) in [6, 6.07) is 13.5. The number of sulfonamides is 1. The second kappa shape index (κ2) is 11.1. The summed E-state index contributed by atoms with van der Waals surface area (Å²) < 4.78 is 69.0. The number of carboxylic acid groups (broad SMARTS) is 1. The van der Waals surface area contributed by atoms with Gasteiger partial charge in [0.1, 0.15) is 22.3 Å². The van der Waals surface area contributed by atoms with Gasteiger partial charge in [-0.15, -0.1) is 11.3 Å². The Morgan fingerprint density at radius 3 is 2.47 bits per heavy atom. The number of carbonyl (C=O) groups is 1. The first-order chi connectivity index (χ1) is 20.5. The van der Waals surface area contributed by atoms with Gasteiger partial charge < -0.3 is 5.11 Å². The molecular formula is C30H23F3N4O4S2. The van der Waals surface area contributed by atoms with Crippen molar-refractivity contribution in [3.8, 4) is 27.5 Å². The van der Waals surface area contributed by atoms with E-state index in [1.807, 2.05) is 0 Å². The van der Waals surface area contributed by atoms with Crippen molar-refractivity contribution in [1.82, 2.24) is 14.8 Å². The molecule has 220 valence electrons. The minimum absolute atomic E-state index is 0.114. The molecule has 0 unspecified atom stereocenters. The van der Waals surface area contributed by atoms with Crippen molar-refractivity contribution in [1.29, 1.82) is 0 Å². The quantitative estimate of drug-likeness (QED) is 0.208. The topological polar surface area (TPSA) is 128 Å². The van der Waals surface area contributed by atoms with Crippen LogP contribution in [0.15, 0.2) is 70.9 Å². The van der Waals surface area contributed by atoms with E-state index >= 15 is 4.39 Å². The molecule has 1 aliphatic carbocycles. The average molecular weight is 625 g/mol. The van der Waals surface area contributed by atoms with Crippen molar-refractivity contribution < 1.29 is 31.5 Å². The SMILES string of the molecule is NS(=O)(=O)c1ccc(Cc2c(-c3ccc(F)c(-c4cccc(F)c4)c3)nn(-c3nc(C(=O)O)cs3)c2CC2CC2)cc1F. The Bertz CT molecular complexity index is 2000. The summed E-state index contributed by atoms with van der Waals surface area (Å²) in [6.07, 6.45) is 2.65. The van der Waals surface area contributed by atoms with Gasteiger partial charge in [-0.1, -0.05) is 18.2 Å². The fraction of sp³-hybridized carbons (Fsp3) is 0.167. The van der Waals surface area contributed by atoms with Crippen LogP contribution in [-0.2, 0) is 22.9 Å². The second-order valence-corrected chi connectivity index (χ2v) is 12.7. The van der Waals surface area contributed by atoms with Crippen LogP contribution in [0.5, 0.6) is 0 Å². The Hall–Kier alpha value is -4.33. The Kier molecular flexibility index (Phi) is 7.40. The molecule has 1 fully saturated rings. The Morgan fingerprint density at radius 1 is 1.02 bits per heavy atom. The lowest BCUT2D eigenvalue weighted by Gasteiger charge is -2.11. The van der Waals surface area contributed by atoms with Gasteiger partial charge in [0.2, 0.25) is 15.2 Å². The van der Waals surface area contributed by atoms with Crippen LogP contribution < -0.4 is 5.14 Å². The lowest BCUT2D eigenvalue weighted by molar-refractivity contribution is 0.0691. The van der Waals surface area contributed by atoms with Gasteiger partial charge in [-0.05, 0) is 78.8 Å². The number of hydrogen-bond acceptors (Lipinski definition) is 6. The van der Waals surface area contributed by atoms with E-state index < -0.39 is 38.3 Å². The van der Waals surface area contributed by atoms with E-state index in [0.29, 0.717) is 45.4 Å². The second-order valence-electron chi connectivity index (χ2n) is 10.3. The average Bonchev–Trinajstić information content (AvgIpc) is 3.50. The molecule has 6 rings (SSSR count). The number of nitrogens with zero attached hydrogens (tertiary/aromatic N) is 3. The fourth-order valence-corrected chi connectivity index (χ4v) is 6.33. The van der Waals surface area contributed by atoms with E-state index in [1.165, 1.54) is 41.8 Å². The number of hydrogen-bond donors (Lipinski definition) is 2. The van der Waals surface area contributed by atoms with Crippen molar-refractivity contribution in [2.45, 2.75) is 30.6 Å². The number of rotatable bonds is 9. The number of thiazole rings is 1. The number of carboxylic acids is 1. The molecule has 0 amide bonds. The summed E-state index contributed by atoms with van der Waals surface area (Å²) >= 11 is 1.09. The summed E-state index contributed by atoms with van der Waals surface area (Å²) in [5, 5.41) is 21.1. The largest absolute Gasteiger partial charge is 0.476 e. The predicted octanol–water partition coefficient (Wildman–Crippen LogP) is 5.97. The molecule has 0 atom stereocenters.